The minimum Gasteiger partial charge on any atom is -0.295 e. The lowest BCUT2D eigenvalue weighted by Gasteiger charge is -2.10. The molecular formula is C19H19ClN8OS. The molecule has 0 radical (unpaired) electrons. The van der Waals surface area contributed by atoms with Crippen LogP contribution in [-0.2, 0) is 17.0 Å². The van der Waals surface area contributed by atoms with Gasteiger partial charge in [0, 0.05) is 28.6 Å². The topological polar surface area (TPSA) is 114 Å². The van der Waals surface area contributed by atoms with Crippen molar-refractivity contribution < 1.29 is 4.79 Å². The monoisotopic (exact) mass is 442 g/mol. The molecule has 11 heteroatoms. The number of H-pyrrole nitrogens is 1. The van der Waals surface area contributed by atoms with Gasteiger partial charge in [-0.05, 0) is 43.5 Å². The molecule has 2 N–H and O–H groups in total. The predicted molar refractivity (Wildman–Crippen MR) is 115 cm³/mol. The maximum absolute atomic E-state index is 12.4. The summed E-state index contributed by atoms with van der Waals surface area (Å²) in [7, 11) is 0. The van der Waals surface area contributed by atoms with Gasteiger partial charge in [0.25, 0.3) is 5.78 Å². The third-order valence-corrected chi connectivity index (χ3v) is 5.77. The van der Waals surface area contributed by atoms with Crippen molar-refractivity contribution in [1.82, 2.24) is 34.8 Å². The van der Waals surface area contributed by atoms with Crippen molar-refractivity contribution in [3.05, 3.63) is 58.1 Å². The first-order valence-corrected chi connectivity index (χ1v) is 10.6. The van der Waals surface area contributed by atoms with Gasteiger partial charge < -0.3 is 0 Å². The molecule has 1 amide bonds. The molecule has 0 unspecified atom stereocenters. The Morgan fingerprint density at radius 2 is 2.03 bits per heavy atom. The minimum atomic E-state index is -0.155. The number of anilines is 1. The van der Waals surface area contributed by atoms with E-state index in [1.54, 1.807) is 4.52 Å². The number of aryl methyl sites for hydroxylation is 2. The second-order valence-electron chi connectivity index (χ2n) is 6.66. The number of carbonyl (C=O) groups is 1. The zero-order valence-electron chi connectivity index (χ0n) is 16.4. The number of carbonyl (C=O) groups excluding carboxylic acids is 1. The largest absolute Gasteiger partial charge is 0.295 e. The standard InChI is InChI=1S/C19H19ClN8OS/c1-11-15(12(2)28-18(23-11)21-10-22-28)7-8-16(29)24-17-25-19(27-26-17)30-9-13-3-5-14(20)6-4-13/h3-6,10H,7-9H2,1-2H3,(H2,24,25,26,27,29). The van der Waals surface area contributed by atoms with Crippen LogP contribution in [0.15, 0.2) is 35.7 Å². The molecule has 0 fully saturated rings. The van der Waals surface area contributed by atoms with Crippen molar-refractivity contribution in [2.24, 2.45) is 0 Å². The van der Waals surface area contributed by atoms with E-state index >= 15 is 0 Å². The summed E-state index contributed by atoms with van der Waals surface area (Å²) < 4.78 is 1.68. The fourth-order valence-electron chi connectivity index (χ4n) is 3.05. The van der Waals surface area contributed by atoms with Crippen molar-refractivity contribution in [3.8, 4) is 0 Å². The molecule has 3 heterocycles. The van der Waals surface area contributed by atoms with Crippen molar-refractivity contribution in [1.29, 1.82) is 0 Å². The Morgan fingerprint density at radius 1 is 1.23 bits per heavy atom. The fourth-order valence-corrected chi connectivity index (χ4v) is 3.93. The van der Waals surface area contributed by atoms with E-state index in [4.69, 9.17) is 11.6 Å². The zero-order valence-corrected chi connectivity index (χ0v) is 18.0. The molecule has 0 spiro atoms. The number of nitrogens with one attached hydrogen (secondary N) is 2. The summed E-state index contributed by atoms with van der Waals surface area (Å²) in [5.74, 6) is 1.44. The van der Waals surface area contributed by atoms with Gasteiger partial charge in [0.1, 0.15) is 6.33 Å². The molecule has 9 nitrogen and oxygen atoms in total. The van der Waals surface area contributed by atoms with Crippen molar-refractivity contribution >= 4 is 41.0 Å². The first-order valence-electron chi connectivity index (χ1n) is 9.25. The molecule has 30 heavy (non-hydrogen) atoms. The molecule has 3 aromatic heterocycles. The number of nitrogens with zero attached hydrogens (tertiary/aromatic N) is 6. The summed E-state index contributed by atoms with van der Waals surface area (Å²) in [6, 6.07) is 7.61. The Bertz CT molecular complexity index is 1190. The molecule has 0 saturated carbocycles. The average molecular weight is 443 g/mol. The van der Waals surface area contributed by atoms with E-state index < -0.39 is 0 Å². The third kappa shape index (κ3) is 4.60. The van der Waals surface area contributed by atoms with E-state index in [0.717, 1.165) is 22.5 Å². The summed E-state index contributed by atoms with van der Waals surface area (Å²) in [6.07, 6.45) is 2.30. The van der Waals surface area contributed by atoms with Crippen molar-refractivity contribution in [2.75, 3.05) is 5.32 Å². The highest BCUT2D eigenvalue weighted by atomic mass is 35.5. The molecule has 0 aliphatic carbocycles. The van der Waals surface area contributed by atoms with Crippen LogP contribution in [0.1, 0.15) is 28.9 Å². The quantitative estimate of drug-likeness (QED) is 0.421. The molecule has 0 saturated heterocycles. The molecular weight excluding hydrogens is 424 g/mol. The van der Waals surface area contributed by atoms with Crippen LogP contribution in [0.2, 0.25) is 5.02 Å². The van der Waals surface area contributed by atoms with Crippen molar-refractivity contribution in [3.63, 3.8) is 0 Å². The molecule has 4 aromatic rings. The van der Waals surface area contributed by atoms with Crippen LogP contribution in [0.25, 0.3) is 5.78 Å². The fraction of sp³-hybridized carbons (Fsp3) is 0.263. The molecule has 0 aliphatic heterocycles. The second-order valence-corrected chi connectivity index (χ2v) is 8.04. The molecule has 1 aromatic carbocycles. The van der Waals surface area contributed by atoms with Gasteiger partial charge in [0.2, 0.25) is 17.0 Å². The van der Waals surface area contributed by atoms with E-state index in [0.29, 0.717) is 34.1 Å². The smallest absolute Gasteiger partial charge is 0.252 e. The Balaban J connectivity index is 1.32. The van der Waals surface area contributed by atoms with Crippen LogP contribution in [-0.4, -0.2) is 40.7 Å². The zero-order chi connectivity index (χ0) is 21.1. The van der Waals surface area contributed by atoms with E-state index in [2.05, 4.69) is 35.6 Å². The van der Waals surface area contributed by atoms with E-state index in [9.17, 15) is 4.79 Å². The summed E-state index contributed by atoms with van der Waals surface area (Å²) in [5.41, 5.74) is 3.88. The number of fused-ring (bicyclic) bond motifs is 1. The molecule has 154 valence electrons. The highest BCUT2D eigenvalue weighted by Crippen LogP contribution is 2.21. The van der Waals surface area contributed by atoms with Crippen LogP contribution in [0, 0.1) is 13.8 Å². The van der Waals surface area contributed by atoms with Crippen LogP contribution < -0.4 is 5.32 Å². The second kappa shape index (κ2) is 8.80. The molecule has 4 rings (SSSR count). The Kier molecular flexibility index (Phi) is 5.96. The molecule has 0 bridgehead atoms. The number of rotatable bonds is 7. The van der Waals surface area contributed by atoms with Gasteiger partial charge >= 0.3 is 0 Å². The van der Waals surface area contributed by atoms with Gasteiger partial charge in [-0.15, -0.1) is 5.10 Å². The van der Waals surface area contributed by atoms with Gasteiger partial charge in [-0.1, -0.05) is 35.5 Å². The number of halogens is 1. The van der Waals surface area contributed by atoms with Gasteiger partial charge in [0.05, 0.1) is 0 Å². The average Bonchev–Trinajstić information content (AvgIpc) is 3.37. The third-order valence-electron chi connectivity index (χ3n) is 4.59. The number of thioether (sulfide) groups is 1. The highest BCUT2D eigenvalue weighted by molar-refractivity contribution is 7.98. The Labute approximate surface area is 181 Å². The number of hydrogen-bond acceptors (Lipinski definition) is 7. The van der Waals surface area contributed by atoms with Crippen LogP contribution in [0.5, 0.6) is 0 Å². The number of hydrogen-bond donors (Lipinski definition) is 2. The van der Waals surface area contributed by atoms with Gasteiger partial charge in [-0.25, -0.2) is 14.6 Å². The maximum Gasteiger partial charge on any atom is 0.252 e. The number of amides is 1. The van der Waals surface area contributed by atoms with Crippen LogP contribution in [0.4, 0.5) is 5.95 Å². The maximum atomic E-state index is 12.4. The normalized spacial score (nSPS) is 11.2. The van der Waals surface area contributed by atoms with E-state index in [-0.39, 0.29) is 12.3 Å². The first-order chi connectivity index (χ1) is 14.5. The molecule has 0 aliphatic rings. The van der Waals surface area contributed by atoms with Gasteiger partial charge in [0.15, 0.2) is 0 Å². The molecule has 0 atom stereocenters. The Hall–Kier alpha value is -2.98. The lowest BCUT2D eigenvalue weighted by Crippen LogP contribution is -2.15. The minimum absolute atomic E-state index is 0.155. The lowest BCUT2D eigenvalue weighted by atomic mass is 10.1. The SMILES string of the molecule is Cc1nc2ncnn2c(C)c1CCC(=O)Nc1nc(SCc2ccc(Cl)cc2)n[nH]1. The summed E-state index contributed by atoms with van der Waals surface area (Å²) in [6.45, 7) is 3.86. The van der Waals surface area contributed by atoms with Crippen LogP contribution >= 0.6 is 23.4 Å². The van der Waals surface area contributed by atoms with Crippen molar-refractivity contribution in [2.45, 2.75) is 37.6 Å². The van der Waals surface area contributed by atoms with E-state index in [1.165, 1.54) is 18.1 Å². The van der Waals surface area contributed by atoms with E-state index in [1.807, 2.05) is 38.1 Å². The highest BCUT2D eigenvalue weighted by Gasteiger charge is 2.14. The predicted octanol–water partition coefficient (Wildman–Crippen LogP) is 3.38. The lowest BCUT2D eigenvalue weighted by molar-refractivity contribution is -0.116. The van der Waals surface area contributed by atoms with Gasteiger partial charge in [-0.3, -0.25) is 10.1 Å². The van der Waals surface area contributed by atoms with Gasteiger partial charge in [-0.2, -0.15) is 15.1 Å². The Morgan fingerprint density at radius 3 is 2.83 bits per heavy atom. The number of aromatic nitrogens is 7. The first kappa shape index (κ1) is 20.3. The summed E-state index contributed by atoms with van der Waals surface area (Å²) >= 11 is 7.37. The van der Waals surface area contributed by atoms with Crippen LogP contribution in [0.3, 0.4) is 0 Å². The summed E-state index contributed by atoms with van der Waals surface area (Å²) in [5, 5.41) is 15.1. The summed E-state index contributed by atoms with van der Waals surface area (Å²) in [4.78, 5) is 25.2. The number of benzene rings is 1. The number of aromatic amines is 1.